The molecular weight excluding hydrogens is 398 g/mol. The summed E-state index contributed by atoms with van der Waals surface area (Å²) < 4.78 is 0.275. The number of thioether (sulfide) groups is 1. The minimum Gasteiger partial charge on any atom is -0.350 e. The fourth-order valence-electron chi connectivity index (χ4n) is 2.51. The molecule has 0 radical (unpaired) electrons. The van der Waals surface area contributed by atoms with Crippen molar-refractivity contribution < 1.29 is 14.5 Å². The Morgan fingerprint density at radius 1 is 1.21 bits per heavy atom. The molecule has 0 aliphatic carbocycles. The predicted molar refractivity (Wildman–Crippen MR) is 111 cm³/mol. The van der Waals surface area contributed by atoms with Crippen molar-refractivity contribution in [3.8, 4) is 0 Å². The Labute approximate surface area is 170 Å². The average Bonchev–Trinajstić information content (AvgIpc) is 2.95. The van der Waals surface area contributed by atoms with Crippen LogP contribution < -0.4 is 5.32 Å². The molecule has 2 aromatic carbocycles. The lowest BCUT2D eigenvalue weighted by atomic mass is 10.2. The lowest BCUT2D eigenvalue weighted by molar-refractivity contribution is -0.384. The molecule has 9 heteroatoms. The van der Waals surface area contributed by atoms with Gasteiger partial charge in [-0.1, -0.05) is 66.4 Å². The van der Waals surface area contributed by atoms with Gasteiger partial charge in [0.25, 0.3) is 11.6 Å². The molecule has 28 heavy (non-hydrogen) atoms. The van der Waals surface area contributed by atoms with Crippen LogP contribution in [0, 0.1) is 10.1 Å². The van der Waals surface area contributed by atoms with E-state index in [2.05, 4.69) is 5.32 Å². The summed E-state index contributed by atoms with van der Waals surface area (Å²) in [7, 11) is 0. The molecular formula is C19H15N3O4S2. The molecule has 1 aliphatic heterocycles. The fourth-order valence-corrected chi connectivity index (χ4v) is 3.77. The first-order valence-electron chi connectivity index (χ1n) is 8.24. The molecule has 0 atom stereocenters. The van der Waals surface area contributed by atoms with Crippen LogP contribution in [0.1, 0.15) is 11.1 Å². The Kier molecular flexibility index (Phi) is 6.17. The highest BCUT2D eigenvalue weighted by Gasteiger charge is 2.33. The van der Waals surface area contributed by atoms with Gasteiger partial charge in [-0.05, 0) is 17.2 Å². The van der Waals surface area contributed by atoms with E-state index < -0.39 is 10.8 Å². The van der Waals surface area contributed by atoms with Crippen molar-refractivity contribution in [1.29, 1.82) is 0 Å². The highest BCUT2D eigenvalue weighted by Crippen LogP contribution is 2.32. The van der Waals surface area contributed by atoms with Crippen molar-refractivity contribution >= 4 is 51.9 Å². The van der Waals surface area contributed by atoms with Crippen LogP contribution in [0.5, 0.6) is 0 Å². The summed E-state index contributed by atoms with van der Waals surface area (Å²) >= 11 is 6.28. The first-order chi connectivity index (χ1) is 13.4. The Hall–Kier alpha value is -3.04. The maximum absolute atomic E-state index is 12.6. The number of benzene rings is 2. The maximum atomic E-state index is 12.6. The van der Waals surface area contributed by atoms with E-state index in [1.54, 1.807) is 12.1 Å². The van der Waals surface area contributed by atoms with Crippen LogP contribution in [0.2, 0.25) is 0 Å². The number of carbonyl (C=O) groups excluding carboxylic acids is 2. The number of carbonyl (C=O) groups is 2. The van der Waals surface area contributed by atoms with Gasteiger partial charge in [0.2, 0.25) is 5.91 Å². The first-order valence-corrected chi connectivity index (χ1v) is 9.47. The molecule has 2 aromatic rings. The number of hydrogen-bond acceptors (Lipinski definition) is 6. The van der Waals surface area contributed by atoms with Gasteiger partial charge in [0, 0.05) is 18.7 Å². The zero-order chi connectivity index (χ0) is 20.1. The number of nitrogens with one attached hydrogen (secondary N) is 1. The smallest absolute Gasteiger partial charge is 0.270 e. The number of nitro groups is 1. The van der Waals surface area contributed by atoms with E-state index in [0.717, 1.165) is 17.3 Å². The number of nitro benzene ring substituents is 1. The summed E-state index contributed by atoms with van der Waals surface area (Å²) in [6.45, 7) is 0.182. The largest absolute Gasteiger partial charge is 0.350 e. The quantitative estimate of drug-likeness (QED) is 0.339. The first kappa shape index (κ1) is 19.7. The van der Waals surface area contributed by atoms with Crippen molar-refractivity contribution in [3.05, 3.63) is 80.7 Å². The zero-order valence-electron chi connectivity index (χ0n) is 14.5. The number of hydrogen-bond donors (Lipinski definition) is 1. The van der Waals surface area contributed by atoms with E-state index in [-0.39, 0.29) is 22.5 Å². The molecule has 0 unspecified atom stereocenters. The number of non-ortho nitro benzene ring substituents is 1. The normalized spacial score (nSPS) is 15.1. The molecule has 0 bridgehead atoms. The molecule has 1 fully saturated rings. The van der Waals surface area contributed by atoms with E-state index >= 15 is 0 Å². The van der Waals surface area contributed by atoms with E-state index in [1.807, 2.05) is 30.3 Å². The van der Waals surface area contributed by atoms with Crippen LogP contribution in [0.25, 0.3) is 6.08 Å². The van der Waals surface area contributed by atoms with Gasteiger partial charge in [-0.3, -0.25) is 24.6 Å². The standard InChI is InChI=1S/C19H15N3O4S2/c23-17(20-11-13-5-2-1-3-6-13)12-21-18(24)16(28-19(21)27)10-14-7-4-8-15(9-14)22(25)26/h1-10H,11-12H2,(H,20,23)/b16-10-. The van der Waals surface area contributed by atoms with Gasteiger partial charge in [0.1, 0.15) is 10.9 Å². The Morgan fingerprint density at radius 3 is 2.68 bits per heavy atom. The van der Waals surface area contributed by atoms with Gasteiger partial charge >= 0.3 is 0 Å². The molecule has 0 saturated carbocycles. The molecule has 7 nitrogen and oxygen atoms in total. The number of amides is 2. The summed E-state index contributed by atoms with van der Waals surface area (Å²) in [6.07, 6.45) is 1.54. The minimum absolute atomic E-state index is 0.0653. The van der Waals surface area contributed by atoms with Crippen molar-refractivity contribution in [3.63, 3.8) is 0 Å². The highest BCUT2D eigenvalue weighted by molar-refractivity contribution is 8.26. The van der Waals surface area contributed by atoms with Crippen LogP contribution in [0.3, 0.4) is 0 Å². The van der Waals surface area contributed by atoms with Gasteiger partial charge in [-0.2, -0.15) is 0 Å². The summed E-state index contributed by atoms with van der Waals surface area (Å²) in [5.41, 5.74) is 1.40. The maximum Gasteiger partial charge on any atom is 0.270 e. The van der Waals surface area contributed by atoms with Gasteiger partial charge < -0.3 is 5.32 Å². The van der Waals surface area contributed by atoms with Gasteiger partial charge in [0.15, 0.2) is 0 Å². The molecule has 1 heterocycles. The third-order valence-electron chi connectivity index (χ3n) is 3.89. The van der Waals surface area contributed by atoms with E-state index in [1.165, 1.54) is 23.1 Å². The Morgan fingerprint density at radius 2 is 1.96 bits per heavy atom. The summed E-state index contributed by atoms with van der Waals surface area (Å²) in [4.78, 5) is 36.7. The Balaban J connectivity index is 1.65. The second-order valence-corrected chi connectivity index (χ2v) is 7.56. The predicted octanol–water partition coefficient (Wildman–Crippen LogP) is 3.11. The molecule has 1 saturated heterocycles. The Bertz CT molecular complexity index is 976. The van der Waals surface area contributed by atoms with Crippen LogP contribution in [-0.2, 0) is 16.1 Å². The van der Waals surface area contributed by atoms with Crippen LogP contribution in [-0.4, -0.2) is 32.5 Å². The van der Waals surface area contributed by atoms with Crippen molar-refractivity contribution in [1.82, 2.24) is 10.2 Å². The molecule has 142 valence electrons. The molecule has 3 rings (SSSR count). The van der Waals surface area contributed by atoms with Crippen LogP contribution in [0.4, 0.5) is 5.69 Å². The van der Waals surface area contributed by atoms with E-state index in [9.17, 15) is 19.7 Å². The monoisotopic (exact) mass is 413 g/mol. The number of thiocarbonyl (C=S) groups is 1. The molecule has 2 amide bonds. The van der Waals surface area contributed by atoms with Gasteiger partial charge in [-0.25, -0.2) is 0 Å². The number of nitrogens with zero attached hydrogens (tertiary/aromatic N) is 2. The second kappa shape index (κ2) is 8.77. The summed E-state index contributed by atoms with van der Waals surface area (Å²) in [6, 6.07) is 15.4. The lowest BCUT2D eigenvalue weighted by Crippen LogP contribution is -2.39. The summed E-state index contributed by atoms with van der Waals surface area (Å²) in [5.74, 6) is -0.715. The zero-order valence-corrected chi connectivity index (χ0v) is 16.2. The van der Waals surface area contributed by atoms with E-state index in [0.29, 0.717) is 17.0 Å². The van der Waals surface area contributed by atoms with Gasteiger partial charge in [0.05, 0.1) is 9.83 Å². The topological polar surface area (TPSA) is 92.5 Å². The average molecular weight is 413 g/mol. The van der Waals surface area contributed by atoms with Crippen molar-refractivity contribution in [2.45, 2.75) is 6.54 Å². The minimum atomic E-state index is -0.500. The molecule has 0 spiro atoms. The molecule has 1 N–H and O–H groups in total. The van der Waals surface area contributed by atoms with Crippen molar-refractivity contribution in [2.24, 2.45) is 0 Å². The SMILES string of the molecule is O=C(CN1C(=O)/C(=C/c2cccc([N+](=O)[O-])c2)SC1=S)NCc1ccccc1. The third kappa shape index (κ3) is 4.81. The van der Waals surface area contributed by atoms with Gasteiger partial charge in [-0.15, -0.1) is 0 Å². The lowest BCUT2D eigenvalue weighted by Gasteiger charge is -2.14. The van der Waals surface area contributed by atoms with Crippen molar-refractivity contribution in [2.75, 3.05) is 6.54 Å². The number of rotatable bonds is 6. The molecule has 1 aliphatic rings. The third-order valence-corrected chi connectivity index (χ3v) is 5.26. The highest BCUT2D eigenvalue weighted by atomic mass is 32.2. The van der Waals surface area contributed by atoms with Crippen LogP contribution >= 0.6 is 24.0 Å². The summed E-state index contributed by atoms with van der Waals surface area (Å²) in [5, 5.41) is 13.6. The molecule has 0 aromatic heterocycles. The van der Waals surface area contributed by atoms with Crippen LogP contribution in [0.15, 0.2) is 59.5 Å². The van der Waals surface area contributed by atoms with E-state index in [4.69, 9.17) is 12.2 Å². The second-order valence-electron chi connectivity index (χ2n) is 5.88. The fraction of sp³-hybridized carbons (Fsp3) is 0.105.